The van der Waals surface area contributed by atoms with E-state index in [-0.39, 0.29) is 18.9 Å². The third kappa shape index (κ3) is 8.34. The van der Waals surface area contributed by atoms with Crippen LogP contribution in [0.15, 0.2) is 104 Å². The molecule has 2 atom stereocenters. The molecule has 0 aliphatic rings. The highest BCUT2D eigenvalue weighted by Crippen LogP contribution is 2.29. The Hall–Kier alpha value is -4.91. The van der Waals surface area contributed by atoms with E-state index in [1.807, 2.05) is 105 Å². The molecule has 2 N–H and O–H groups in total. The van der Waals surface area contributed by atoms with Crippen LogP contribution >= 0.6 is 0 Å². The molecule has 0 spiro atoms. The van der Waals surface area contributed by atoms with Crippen LogP contribution in [0.5, 0.6) is 0 Å². The molecule has 0 aliphatic carbocycles. The standard InChI is InChI=1S/C37H41N3O4/c1-7-21-40(35(42)32(23-27-13-9-8-10-14-27)39-36(43)44-37(4,5)6)33(31-20-17-25(2)22-26(31)3)34(41)38-30-19-18-28-15-11-12-16-29(28)24-30/h7-20,22,24,32-33H,1,21,23H2,2-6H3,(H,38,41)(H,39,43). The molecular weight excluding hydrogens is 550 g/mol. The Morgan fingerprint density at radius 1 is 0.886 bits per heavy atom. The molecule has 2 unspecified atom stereocenters. The number of amides is 3. The summed E-state index contributed by atoms with van der Waals surface area (Å²) >= 11 is 0. The number of fused-ring (bicyclic) bond motifs is 1. The van der Waals surface area contributed by atoms with Gasteiger partial charge in [0.2, 0.25) is 5.91 Å². The zero-order valence-electron chi connectivity index (χ0n) is 26.1. The van der Waals surface area contributed by atoms with Gasteiger partial charge in [0.25, 0.3) is 5.91 Å². The first kappa shape index (κ1) is 32.0. The number of aryl methyl sites for hydroxylation is 2. The number of anilines is 1. The van der Waals surface area contributed by atoms with E-state index < -0.39 is 29.7 Å². The van der Waals surface area contributed by atoms with Crippen molar-refractivity contribution in [1.82, 2.24) is 10.2 Å². The number of ether oxygens (including phenoxy) is 1. The van der Waals surface area contributed by atoms with Gasteiger partial charge in [-0.2, -0.15) is 0 Å². The average Bonchev–Trinajstić information content (AvgIpc) is 2.96. The predicted molar refractivity (Wildman–Crippen MR) is 176 cm³/mol. The zero-order chi connectivity index (χ0) is 31.9. The van der Waals surface area contributed by atoms with E-state index in [1.165, 1.54) is 4.90 Å². The smallest absolute Gasteiger partial charge is 0.408 e. The maximum Gasteiger partial charge on any atom is 0.408 e. The fourth-order valence-corrected chi connectivity index (χ4v) is 5.22. The summed E-state index contributed by atoms with van der Waals surface area (Å²) < 4.78 is 5.51. The highest BCUT2D eigenvalue weighted by Gasteiger charge is 2.36. The number of alkyl carbamates (subject to hydrolysis) is 1. The second-order valence-corrected chi connectivity index (χ2v) is 12.0. The summed E-state index contributed by atoms with van der Waals surface area (Å²) in [6.45, 7) is 13.2. The Morgan fingerprint density at radius 2 is 1.57 bits per heavy atom. The number of hydrogen-bond acceptors (Lipinski definition) is 4. The minimum absolute atomic E-state index is 0.0727. The summed E-state index contributed by atoms with van der Waals surface area (Å²) in [5, 5.41) is 7.87. The molecule has 4 rings (SSSR count). The van der Waals surface area contributed by atoms with Crippen LogP contribution in [0.2, 0.25) is 0 Å². The van der Waals surface area contributed by atoms with Crippen molar-refractivity contribution in [3.63, 3.8) is 0 Å². The van der Waals surface area contributed by atoms with Gasteiger partial charge in [0.1, 0.15) is 17.7 Å². The maximum absolute atomic E-state index is 14.5. The normalized spacial score (nSPS) is 12.6. The molecule has 0 bridgehead atoms. The monoisotopic (exact) mass is 591 g/mol. The third-order valence-corrected chi connectivity index (χ3v) is 7.18. The van der Waals surface area contributed by atoms with Crippen molar-refractivity contribution in [3.8, 4) is 0 Å². The molecule has 0 heterocycles. The first-order chi connectivity index (χ1) is 20.9. The molecule has 7 nitrogen and oxygen atoms in total. The van der Waals surface area contributed by atoms with Crippen molar-refractivity contribution in [1.29, 1.82) is 0 Å². The predicted octanol–water partition coefficient (Wildman–Crippen LogP) is 7.29. The molecule has 0 saturated carbocycles. The fourth-order valence-electron chi connectivity index (χ4n) is 5.22. The Morgan fingerprint density at radius 3 is 2.23 bits per heavy atom. The van der Waals surface area contributed by atoms with Crippen LogP contribution in [0.25, 0.3) is 10.8 Å². The van der Waals surface area contributed by atoms with Gasteiger partial charge in [-0.25, -0.2) is 4.79 Å². The number of carbonyl (C=O) groups excluding carboxylic acids is 3. The average molecular weight is 592 g/mol. The summed E-state index contributed by atoms with van der Waals surface area (Å²) in [5.74, 6) is -0.809. The summed E-state index contributed by atoms with van der Waals surface area (Å²) in [4.78, 5) is 43.2. The Kier molecular flexibility index (Phi) is 10.2. The lowest BCUT2D eigenvalue weighted by atomic mass is 9.95. The quantitative estimate of drug-likeness (QED) is 0.190. The van der Waals surface area contributed by atoms with Crippen molar-refractivity contribution in [2.45, 2.75) is 58.7 Å². The van der Waals surface area contributed by atoms with Crippen LogP contribution < -0.4 is 10.6 Å². The van der Waals surface area contributed by atoms with E-state index in [4.69, 9.17) is 4.74 Å². The first-order valence-corrected chi connectivity index (χ1v) is 14.8. The van der Waals surface area contributed by atoms with Crippen molar-refractivity contribution in [2.75, 3.05) is 11.9 Å². The zero-order valence-corrected chi connectivity index (χ0v) is 26.1. The van der Waals surface area contributed by atoms with E-state index in [1.54, 1.807) is 26.8 Å². The van der Waals surface area contributed by atoms with Gasteiger partial charge in [-0.05, 0) is 74.2 Å². The lowest BCUT2D eigenvalue weighted by Crippen LogP contribution is -2.53. The van der Waals surface area contributed by atoms with Gasteiger partial charge in [0.05, 0.1) is 0 Å². The van der Waals surface area contributed by atoms with Crippen LogP contribution in [0.1, 0.15) is 49.1 Å². The molecule has 0 saturated heterocycles. The van der Waals surface area contributed by atoms with Gasteiger partial charge in [0.15, 0.2) is 0 Å². The van der Waals surface area contributed by atoms with Crippen LogP contribution in [0.3, 0.4) is 0 Å². The molecule has 7 heteroatoms. The Labute approximate surface area is 259 Å². The topological polar surface area (TPSA) is 87.7 Å². The number of nitrogens with zero attached hydrogens (tertiary/aromatic N) is 1. The number of carbonyl (C=O) groups is 3. The molecule has 228 valence electrons. The van der Waals surface area contributed by atoms with E-state index in [0.29, 0.717) is 11.3 Å². The van der Waals surface area contributed by atoms with Gasteiger partial charge in [-0.15, -0.1) is 6.58 Å². The molecule has 0 aliphatic heterocycles. The molecule has 4 aromatic rings. The second kappa shape index (κ2) is 14.0. The lowest BCUT2D eigenvalue weighted by molar-refractivity contribution is -0.140. The van der Waals surface area contributed by atoms with Crippen LogP contribution in [0.4, 0.5) is 10.5 Å². The van der Waals surface area contributed by atoms with Gasteiger partial charge in [-0.1, -0.05) is 90.5 Å². The van der Waals surface area contributed by atoms with Crippen molar-refractivity contribution in [2.24, 2.45) is 0 Å². The molecule has 4 aromatic carbocycles. The molecule has 44 heavy (non-hydrogen) atoms. The highest BCUT2D eigenvalue weighted by molar-refractivity contribution is 6.00. The Balaban J connectivity index is 1.75. The van der Waals surface area contributed by atoms with Crippen molar-refractivity contribution >= 4 is 34.4 Å². The van der Waals surface area contributed by atoms with Gasteiger partial charge in [0, 0.05) is 18.7 Å². The SMILES string of the molecule is C=CCN(C(=O)C(Cc1ccccc1)NC(=O)OC(C)(C)C)C(C(=O)Nc1ccc2ccccc2c1)c1ccc(C)cc1C. The third-order valence-electron chi connectivity index (χ3n) is 7.18. The van der Waals surface area contributed by atoms with Gasteiger partial charge in [-0.3, -0.25) is 9.59 Å². The Bertz CT molecular complexity index is 1640. The van der Waals surface area contributed by atoms with Gasteiger partial charge >= 0.3 is 6.09 Å². The summed E-state index contributed by atoms with van der Waals surface area (Å²) in [6, 6.07) is 26.8. The number of hydrogen-bond donors (Lipinski definition) is 2. The maximum atomic E-state index is 14.5. The summed E-state index contributed by atoms with van der Waals surface area (Å²) in [5.41, 5.74) is 3.29. The van der Waals surface area contributed by atoms with E-state index >= 15 is 0 Å². The minimum atomic E-state index is -1.01. The summed E-state index contributed by atoms with van der Waals surface area (Å²) in [6.07, 6.45) is 1.08. The van der Waals surface area contributed by atoms with Gasteiger partial charge < -0.3 is 20.3 Å². The molecule has 3 amide bonds. The molecule has 0 aromatic heterocycles. The van der Waals surface area contributed by atoms with Crippen LogP contribution in [-0.4, -0.2) is 41.0 Å². The summed E-state index contributed by atoms with van der Waals surface area (Å²) in [7, 11) is 0. The molecule has 0 fully saturated rings. The highest BCUT2D eigenvalue weighted by atomic mass is 16.6. The molecular formula is C37H41N3O4. The second-order valence-electron chi connectivity index (χ2n) is 12.0. The van der Waals surface area contributed by atoms with E-state index in [0.717, 1.165) is 27.5 Å². The van der Waals surface area contributed by atoms with Crippen molar-refractivity contribution in [3.05, 3.63) is 126 Å². The van der Waals surface area contributed by atoms with Crippen molar-refractivity contribution < 1.29 is 19.1 Å². The first-order valence-electron chi connectivity index (χ1n) is 14.8. The van der Waals surface area contributed by atoms with E-state index in [9.17, 15) is 14.4 Å². The van der Waals surface area contributed by atoms with Crippen LogP contribution in [0, 0.1) is 13.8 Å². The number of nitrogens with one attached hydrogen (secondary N) is 2. The fraction of sp³-hybridized carbons (Fsp3) is 0.270. The van der Waals surface area contributed by atoms with Crippen LogP contribution in [-0.2, 0) is 20.7 Å². The lowest BCUT2D eigenvalue weighted by Gasteiger charge is -2.34. The number of benzene rings is 4. The molecule has 0 radical (unpaired) electrons. The van der Waals surface area contributed by atoms with E-state index in [2.05, 4.69) is 17.2 Å². The number of rotatable bonds is 10. The minimum Gasteiger partial charge on any atom is -0.444 e. The largest absolute Gasteiger partial charge is 0.444 e.